The summed E-state index contributed by atoms with van der Waals surface area (Å²) in [6.07, 6.45) is 3.28. The summed E-state index contributed by atoms with van der Waals surface area (Å²) < 4.78 is 0. The molecule has 0 fully saturated rings. The molecule has 6 nitrogen and oxygen atoms in total. The molecule has 108 valence electrons. The van der Waals surface area contributed by atoms with Crippen molar-refractivity contribution in [3.05, 3.63) is 60.4 Å². The summed E-state index contributed by atoms with van der Waals surface area (Å²) in [5.41, 5.74) is 1.34. The zero-order chi connectivity index (χ0) is 15.1. The maximum atomic E-state index is 11.8. The summed E-state index contributed by atoms with van der Waals surface area (Å²) in [6.45, 7) is 0. The molecule has 1 aromatic heterocycles. The molecule has 0 aliphatic heterocycles. The fraction of sp³-hybridized carbons (Fsp3) is 0.133. The van der Waals surface area contributed by atoms with Crippen molar-refractivity contribution in [3.8, 4) is 0 Å². The molecular weight excluding hydrogens is 270 g/mol. The summed E-state index contributed by atoms with van der Waals surface area (Å²) in [5.74, 6) is -1.08. The van der Waals surface area contributed by atoms with Gasteiger partial charge in [-0.05, 0) is 17.7 Å². The van der Waals surface area contributed by atoms with Gasteiger partial charge in [-0.1, -0.05) is 30.3 Å². The Bertz CT molecular complexity index is 602. The Hall–Kier alpha value is -2.89. The first-order valence-electron chi connectivity index (χ1n) is 6.39. The van der Waals surface area contributed by atoms with E-state index in [-0.39, 0.29) is 6.42 Å². The SMILES string of the molecule is O=C(Nc1cccnc1)NC(Cc1ccccc1)C(=O)O. The highest BCUT2D eigenvalue weighted by molar-refractivity contribution is 5.92. The standard InChI is InChI=1S/C15H15N3O3/c19-14(20)13(9-11-5-2-1-3-6-11)18-15(21)17-12-7-4-8-16-10-12/h1-8,10,13H,9H2,(H,19,20)(H2,17,18,21). The lowest BCUT2D eigenvalue weighted by Crippen LogP contribution is -2.44. The predicted molar refractivity (Wildman–Crippen MR) is 78.0 cm³/mol. The summed E-state index contributed by atoms with van der Waals surface area (Å²) in [6, 6.07) is 10.9. The Kier molecular flexibility index (Phi) is 4.87. The van der Waals surface area contributed by atoms with E-state index in [0.717, 1.165) is 5.56 Å². The molecular formula is C15H15N3O3. The largest absolute Gasteiger partial charge is 0.480 e. The minimum absolute atomic E-state index is 0.219. The highest BCUT2D eigenvalue weighted by Crippen LogP contribution is 2.05. The van der Waals surface area contributed by atoms with E-state index < -0.39 is 18.0 Å². The number of amides is 2. The number of carbonyl (C=O) groups excluding carboxylic acids is 1. The Morgan fingerprint density at radius 1 is 1.14 bits per heavy atom. The van der Waals surface area contributed by atoms with E-state index in [1.165, 1.54) is 6.20 Å². The third kappa shape index (κ3) is 4.61. The second kappa shape index (κ2) is 7.04. The van der Waals surface area contributed by atoms with Crippen LogP contribution < -0.4 is 10.6 Å². The Morgan fingerprint density at radius 3 is 2.52 bits per heavy atom. The van der Waals surface area contributed by atoms with Crippen LogP contribution in [0.3, 0.4) is 0 Å². The number of carbonyl (C=O) groups is 2. The van der Waals surface area contributed by atoms with Gasteiger partial charge in [0, 0.05) is 12.6 Å². The molecule has 0 saturated heterocycles. The predicted octanol–water partition coefficient (Wildman–Crippen LogP) is 1.90. The number of nitrogens with one attached hydrogen (secondary N) is 2. The first-order chi connectivity index (χ1) is 10.1. The zero-order valence-electron chi connectivity index (χ0n) is 11.2. The van der Waals surface area contributed by atoms with Crippen LogP contribution in [0.2, 0.25) is 0 Å². The van der Waals surface area contributed by atoms with Gasteiger partial charge < -0.3 is 15.7 Å². The molecule has 2 aromatic rings. The molecule has 0 bridgehead atoms. The Balaban J connectivity index is 1.96. The lowest BCUT2D eigenvalue weighted by atomic mass is 10.1. The van der Waals surface area contributed by atoms with Crippen LogP contribution in [0.4, 0.5) is 10.5 Å². The fourth-order valence-electron chi connectivity index (χ4n) is 1.81. The van der Waals surface area contributed by atoms with Crippen molar-refractivity contribution in [3.63, 3.8) is 0 Å². The number of rotatable bonds is 5. The van der Waals surface area contributed by atoms with Crippen molar-refractivity contribution in [1.82, 2.24) is 10.3 Å². The molecule has 0 saturated carbocycles. The van der Waals surface area contributed by atoms with Crippen LogP contribution in [0, 0.1) is 0 Å². The van der Waals surface area contributed by atoms with Gasteiger partial charge >= 0.3 is 12.0 Å². The molecule has 1 aromatic carbocycles. The number of hydrogen-bond donors (Lipinski definition) is 3. The third-order valence-corrected chi connectivity index (χ3v) is 2.81. The van der Waals surface area contributed by atoms with Crippen molar-refractivity contribution < 1.29 is 14.7 Å². The van der Waals surface area contributed by atoms with Crippen molar-refractivity contribution >= 4 is 17.7 Å². The van der Waals surface area contributed by atoms with Crippen LogP contribution in [0.5, 0.6) is 0 Å². The van der Waals surface area contributed by atoms with Crippen molar-refractivity contribution in [2.24, 2.45) is 0 Å². The van der Waals surface area contributed by atoms with E-state index in [1.807, 2.05) is 30.3 Å². The fourth-order valence-corrected chi connectivity index (χ4v) is 1.81. The van der Waals surface area contributed by atoms with E-state index in [0.29, 0.717) is 5.69 Å². The van der Waals surface area contributed by atoms with Crippen LogP contribution in [0.15, 0.2) is 54.9 Å². The number of carboxylic acids is 1. The second-order valence-electron chi connectivity index (χ2n) is 4.42. The molecule has 2 amide bonds. The molecule has 0 radical (unpaired) electrons. The minimum Gasteiger partial charge on any atom is -0.480 e. The number of anilines is 1. The van der Waals surface area contributed by atoms with E-state index >= 15 is 0 Å². The maximum Gasteiger partial charge on any atom is 0.326 e. The highest BCUT2D eigenvalue weighted by atomic mass is 16.4. The molecule has 0 spiro atoms. The number of aromatic nitrogens is 1. The van der Waals surface area contributed by atoms with Crippen LogP contribution >= 0.6 is 0 Å². The monoisotopic (exact) mass is 285 g/mol. The zero-order valence-corrected chi connectivity index (χ0v) is 11.2. The number of pyridine rings is 1. The molecule has 6 heteroatoms. The van der Waals surface area contributed by atoms with Crippen LogP contribution in [-0.4, -0.2) is 28.1 Å². The quantitative estimate of drug-likeness (QED) is 0.782. The molecule has 0 aliphatic rings. The highest BCUT2D eigenvalue weighted by Gasteiger charge is 2.20. The molecule has 1 heterocycles. The average molecular weight is 285 g/mol. The molecule has 2 rings (SSSR count). The second-order valence-corrected chi connectivity index (χ2v) is 4.42. The molecule has 3 N–H and O–H groups in total. The van der Waals surface area contributed by atoms with E-state index in [9.17, 15) is 14.7 Å². The Labute approximate surface area is 121 Å². The number of aliphatic carboxylic acids is 1. The van der Waals surface area contributed by atoms with Crippen LogP contribution in [0.25, 0.3) is 0 Å². The van der Waals surface area contributed by atoms with E-state index in [2.05, 4.69) is 15.6 Å². The molecule has 1 unspecified atom stereocenters. The Morgan fingerprint density at radius 2 is 1.90 bits per heavy atom. The summed E-state index contributed by atoms with van der Waals surface area (Å²) in [4.78, 5) is 26.9. The lowest BCUT2D eigenvalue weighted by molar-refractivity contribution is -0.139. The average Bonchev–Trinajstić information content (AvgIpc) is 2.48. The third-order valence-electron chi connectivity index (χ3n) is 2.81. The number of hydrogen-bond acceptors (Lipinski definition) is 3. The van der Waals surface area contributed by atoms with Gasteiger partial charge in [0.25, 0.3) is 0 Å². The van der Waals surface area contributed by atoms with Crippen LogP contribution in [-0.2, 0) is 11.2 Å². The van der Waals surface area contributed by atoms with Crippen molar-refractivity contribution in [1.29, 1.82) is 0 Å². The van der Waals surface area contributed by atoms with Crippen molar-refractivity contribution in [2.75, 3.05) is 5.32 Å². The van der Waals surface area contributed by atoms with Crippen LogP contribution in [0.1, 0.15) is 5.56 Å². The normalized spacial score (nSPS) is 11.4. The minimum atomic E-state index is -1.08. The van der Waals surface area contributed by atoms with Crippen molar-refractivity contribution in [2.45, 2.75) is 12.5 Å². The summed E-state index contributed by atoms with van der Waals surface area (Å²) >= 11 is 0. The topological polar surface area (TPSA) is 91.3 Å². The molecule has 21 heavy (non-hydrogen) atoms. The van der Waals surface area contributed by atoms with Gasteiger partial charge in [0.2, 0.25) is 0 Å². The summed E-state index contributed by atoms with van der Waals surface area (Å²) in [5, 5.41) is 14.2. The van der Waals surface area contributed by atoms with Gasteiger partial charge in [0.15, 0.2) is 0 Å². The lowest BCUT2D eigenvalue weighted by Gasteiger charge is -2.15. The number of urea groups is 1. The molecule has 0 aliphatic carbocycles. The number of nitrogens with zero attached hydrogens (tertiary/aromatic N) is 1. The summed E-state index contributed by atoms with van der Waals surface area (Å²) in [7, 11) is 0. The molecule has 1 atom stereocenters. The van der Waals surface area contributed by atoms with Gasteiger partial charge in [0.05, 0.1) is 11.9 Å². The van der Waals surface area contributed by atoms with Gasteiger partial charge in [-0.3, -0.25) is 4.98 Å². The van der Waals surface area contributed by atoms with Gasteiger partial charge in [-0.2, -0.15) is 0 Å². The smallest absolute Gasteiger partial charge is 0.326 e. The first kappa shape index (κ1) is 14.5. The van der Waals surface area contributed by atoms with E-state index in [1.54, 1.807) is 18.3 Å². The van der Waals surface area contributed by atoms with Gasteiger partial charge in [-0.25, -0.2) is 9.59 Å². The first-order valence-corrected chi connectivity index (χ1v) is 6.39. The van der Waals surface area contributed by atoms with Gasteiger partial charge in [0.1, 0.15) is 6.04 Å². The van der Waals surface area contributed by atoms with E-state index in [4.69, 9.17) is 0 Å². The number of benzene rings is 1. The number of carboxylic acid groups (broad SMARTS) is 1. The maximum absolute atomic E-state index is 11.8. The van der Waals surface area contributed by atoms with Gasteiger partial charge in [-0.15, -0.1) is 0 Å².